The zero-order valence-corrected chi connectivity index (χ0v) is 9.11. The molecule has 2 atom stereocenters. The molecule has 0 saturated carbocycles. The number of benzene rings is 1. The predicted molar refractivity (Wildman–Crippen MR) is 60.8 cm³/mol. The molecule has 0 saturated heterocycles. The molecule has 5 heteroatoms. The molecule has 0 aliphatic rings. The highest BCUT2D eigenvalue weighted by molar-refractivity contribution is 5.24. The highest BCUT2D eigenvalue weighted by Gasteiger charge is 2.17. The maximum atomic E-state index is 9.83. The second kappa shape index (κ2) is 6.12. The van der Waals surface area contributed by atoms with Crippen molar-refractivity contribution >= 4 is 0 Å². The lowest BCUT2D eigenvalue weighted by molar-refractivity contribution is 0.0150. The summed E-state index contributed by atoms with van der Waals surface area (Å²) in [7, 11) is 0. The third kappa shape index (κ3) is 3.55. The van der Waals surface area contributed by atoms with Crippen LogP contribution in [0.1, 0.15) is 23.7 Å². The summed E-state index contributed by atoms with van der Waals surface area (Å²) in [6, 6.07) is 7.33. The quantitative estimate of drug-likeness (QED) is 0.453. The van der Waals surface area contributed by atoms with Gasteiger partial charge in [-0.1, -0.05) is 34.9 Å². The van der Waals surface area contributed by atoms with Gasteiger partial charge in [0.05, 0.1) is 6.10 Å². The van der Waals surface area contributed by atoms with E-state index in [0.29, 0.717) is 5.56 Å². The minimum Gasteiger partial charge on any atom is -0.390 e. The maximum absolute atomic E-state index is 9.83. The van der Waals surface area contributed by atoms with Gasteiger partial charge in [0.25, 0.3) is 0 Å². The van der Waals surface area contributed by atoms with Crippen molar-refractivity contribution in [1.82, 2.24) is 0 Å². The van der Waals surface area contributed by atoms with E-state index in [-0.39, 0.29) is 13.0 Å². The molecule has 0 fully saturated rings. The molecule has 0 spiro atoms. The molecule has 5 nitrogen and oxygen atoms in total. The molecule has 0 amide bonds. The van der Waals surface area contributed by atoms with Gasteiger partial charge in [0, 0.05) is 11.5 Å². The standard InChI is InChI=1S/C11H15N3O2/c1-8-3-2-4-9(7-8)11(16)10(15)5-6-13-14-12/h2-4,7,10-11,15-16H,5-6H2,1H3. The van der Waals surface area contributed by atoms with Crippen LogP contribution in [0.25, 0.3) is 10.4 Å². The fourth-order valence-electron chi connectivity index (χ4n) is 1.47. The summed E-state index contributed by atoms with van der Waals surface area (Å²) in [4.78, 5) is 2.59. The lowest BCUT2D eigenvalue weighted by Crippen LogP contribution is -2.19. The van der Waals surface area contributed by atoms with E-state index >= 15 is 0 Å². The van der Waals surface area contributed by atoms with Crippen molar-refractivity contribution in [2.75, 3.05) is 6.54 Å². The Kier molecular flexibility index (Phi) is 4.79. The minimum absolute atomic E-state index is 0.181. The number of aryl methyl sites for hydroxylation is 1. The molecule has 1 aromatic rings. The third-order valence-electron chi connectivity index (χ3n) is 2.34. The van der Waals surface area contributed by atoms with Crippen molar-refractivity contribution < 1.29 is 10.2 Å². The number of hydrogen-bond acceptors (Lipinski definition) is 3. The first-order valence-electron chi connectivity index (χ1n) is 5.08. The van der Waals surface area contributed by atoms with Crippen molar-refractivity contribution in [2.24, 2.45) is 5.11 Å². The summed E-state index contributed by atoms with van der Waals surface area (Å²) in [5.74, 6) is 0. The Morgan fingerprint density at radius 3 is 2.81 bits per heavy atom. The fourth-order valence-corrected chi connectivity index (χ4v) is 1.47. The SMILES string of the molecule is Cc1cccc(C(O)C(O)CCN=[N+]=[N-])c1. The average Bonchev–Trinajstić information content (AvgIpc) is 2.28. The van der Waals surface area contributed by atoms with Gasteiger partial charge in [-0.05, 0) is 24.4 Å². The van der Waals surface area contributed by atoms with Crippen LogP contribution in [0.3, 0.4) is 0 Å². The van der Waals surface area contributed by atoms with Crippen molar-refractivity contribution in [3.63, 3.8) is 0 Å². The first kappa shape index (κ1) is 12.5. The lowest BCUT2D eigenvalue weighted by atomic mass is 10.0. The topological polar surface area (TPSA) is 89.2 Å². The van der Waals surface area contributed by atoms with E-state index in [1.807, 2.05) is 25.1 Å². The molecule has 0 aromatic heterocycles. The van der Waals surface area contributed by atoms with E-state index in [1.165, 1.54) is 0 Å². The summed E-state index contributed by atoms with van der Waals surface area (Å²) in [6.07, 6.45) is -1.60. The van der Waals surface area contributed by atoms with Gasteiger partial charge >= 0.3 is 0 Å². The molecular weight excluding hydrogens is 206 g/mol. The molecule has 86 valence electrons. The molecule has 2 N–H and O–H groups in total. The van der Waals surface area contributed by atoms with Crippen LogP contribution in [0.5, 0.6) is 0 Å². The van der Waals surface area contributed by atoms with Crippen LogP contribution in [-0.4, -0.2) is 22.9 Å². The van der Waals surface area contributed by atoms with Crippen molar-refractivity contribution in [3.05, 3.63) is 45.8 Å². The zero-order valence-electron chi connectivity index (χ0n) is 9.11. The van der Waals surface area contributed by atoms with E-state index < -0.39 is 12.2 Å². The Bertz CT molecular complexity index is 389. The van der Waals surface area contributed by atoms with Crippen molar-refractivity contribution in [3.8, 4) is 0 Å². The molecule has 0 heterocycles. The van der Waals surface area contributed by atoms with Gasteiger partial charge in [-0.15, -0.1) is 0 Å². The summed E-state index contributed by atoms with van der Waals surface area (Å²) < 4.78 is 0. The van der Waals surface area contributed by atoms with Crippen LogP contribution in [0, 0.1) is 6.92 Å². The summed E-state index contributed by atoms with van der Waals surface area (Å²) in [5.41, 5.74) is 9.79. The molecule has 1 rings (SSSR count). The Hall–Kier alpha value is -1.55. The summed E-state index contributed by atoms with van der Waals surface area (Å²) in [6.45, 7) is 2.10. The van der Waals surface area contributed by atoms with E-state index in [2.05, 4.69) is 10.0 Å². The van der Waals surface area contributed by atoms with E-state index in [9.17, 15) is 10.2 Å². The van der Waals surface area contributed by atoms with Crippen LogP contribution >= 0.6 is 0 Å². The van der Waals surface area contributed by atoms with E-state index in [0.717, 1.165) is 5.56 Å². The molecule has 0 aliphatic heterocycles. The average molecular weight is 221 g/mol. The lowest BCUT2D eigenvalue weighted by Gasteiger charge is -2.17. The van der Waals surface area contributed by atoms with E-state index in [4.69, 9.17) is 5.53 Å². The maximum Gasteiger partial charge on any atom is 0.105 e. The monoisotopic (exact) mass is 221 g/mol. The first-order valence-corrected chi connectivity index (χ1v) is 5.08. The van der Waals surface area contributed by atoms with Crippen LogP contribution in [-0.2, 0) is 0 Å². The number of aliphatic hydroxyl groups excluding tert-OH is 2. The molecule has 16 heavy (non-hydrogen) atoms. The molecule has 0 bridgehead atoms. The number of nitrogens with zero attached hydrogens (tertiary/aromatic N) is 3. The van der Waals surface area contributed by atoms with Crippen molar-refractivity contribution in [1.29, 1.82) is 0 Å². The van der Waals surface area contributed by atoms with Crippen LogP contribution < -0.4 is 0 Å². The van der Waals surface area contributed by atoms with Gasteiger partial charge in [-0.2, -0.15) is 0 Å². The first-order chi connectivity index (χ1) is 7.65. The van der Waals surface area contributed by atoms with Crippen LogP contribution in [0.15, 0.2) is 29.4 Å². The van der Waals surface area contributed by atoms with Gasteiger partial charge in [0.2, 0.25) is 0 Å². The fraction of sp³-hybridized carbons (Fsp3) is 0.455. The molecule has 2 unspecified atom stereocenters. The smallest absolute Gasteiger partial charge is 0.105 e. The molecule has 1 aromatic carbocycles. The highest BCUT2D eigenvalue weighted by Crippen LogP contribution is 2.19. The van der Waals surface area contributed by atoms with E-state index in [1.54, 1.807) is 6.07 Å². The Morgan fingerprint density at radius 1 is 1.44 bits per heavy atom. The molecule has 0 aliphatic carbocycles. The summed E-state index contributed by atoms with van der Waals surface area (Å²) >= 11 is 0. The van der Waals surface area contributed by atoms with Gasteiger partial charge in [-0.3, -0.25) is 0 Å². The molecule has 0 radical (unpaired) electrons. The predicted octanol–water partition coefficient (Wildman–Crippen LogP) is 2.09. The Labute approximate surface area is 94.0 Å². The largest absolute Gasteiger partial charge is 0.390 e. The second-order valence-electron chi connectivity index (χ2n) is 3.67. The Balaban J connectivity index is 2.62. The highest BCUT2D eigenvalue weighted by atomic mass is 16.3. The Morgan fingerprint density at radius 2 is 2.19 bits per heavy atom. The second-order valence-corrected chi connectivity index (χ2v) is 3.67. The van der Waals surface area contributed by atoms with Gasteiger partial charge in [-0.25, -0.2) is 0 Å². The normalized spacial score (nSPS) is 13.9. The van der Waals surface area contributed by atoms with Crippen LogP contribution in [0.4, 0.5) is 0 Å². The van der Waals surface area contributed by atoms with Gasteiger partial charge in [0.15, 0.2) is 0 Å². The van der Waals surface area contributed by atoms with Gasteiger partial charge < -0.3 is 10.2 Å². The number of azide groups is 1. The minimum atomic E-state index is -0.936. The third-order valence-corrected chi connectivity index (χ3v) is 2.34. The summed E-state index contributed by atoms with van der Waals surface area (Å²) in [5, 5.41) is 22.8. The number of rotatable bonds is 5. The van der Waals surface area contributed by atoms with Gasteiger partial charge in [0.1, 0.15) is 6.10 Å². The number of aliphatic hydroxyl groups is 2. The van der Waals surface area contributed by atoms with Crippen LogP contribution in [0.2, 0.25) is 0 Å². The number of hydrogen-bond donors (Lipinski definition) is 2. The molecular formula is C11H15N3O2. The zero-order chi connectivity index (χ0) is 12.0. The van der Waals surface area contributed by atoms with Crippen molar-refractivity contribution in [2.45, 2.75) is 25.6 Å².